The minimum Gasteiger partial charge on any atom is -0.401 e. The number of para-hydroxylation sites is 1. The third-order valence-corrected chi connectivity index (χ3v) is 6.87. The molecule has 6 rings (SSSR count). The molecule has 23 heavy (non-hydrogen) atoms. The summed E-state index contributed by atoms with van der Waals surface area (Å²) < 4.78 is 13.0. The topological polar surface area (TPSA) is 31.4 Å². The van der Waals surface area contributed by atoms with E-state index in [1.165, 1.54) is 6.42 Å². The Morgan fingerprint density at radius 1 is 1.13 bits per heavy atom. The molecule has 4 atom stereocenters. The van der Waals surface area contributed by atoms with E-state index in [0.717, 1.165) is 28.7 Å². The Morgan fingerprint density at radius 2 is 1.96 bits per heavy atom. The molecular weight excluding hydrogens is 285 g/mol. The van der Waals surface area contributed by atoms with Crippen molar-refractivity contribution < 1.29 is 9.31 Å². The highest BCUT2D eigenvalue weighted by atomic mass is 16.7. The van der Waals surface area contributed by atoms with E-state index in [1.54, 1.807) is 0 Å². The summed E-state index contributed by atoms with van der Waals surface area (Å²) in [4.78, 5) is 4.56. The van der Waals surface area contributed by atoms with Crippen LogP contribution in [0.5, 0.6) is 0 Å². The standard InChI is InChI=1S/C19H22BNO2/c1-18(2)13-10-15(18)19(3)16(11-13)22-20(23-19)14-8-4-6-12-7-5-9-21-17(12)14/h4-9,13,15-16H,10-11H2,1-3H3/t13?,15?,16?,19-/m1/s1. The third-order valence-electron chi connectivity index (χ3n) is 6.87. The second kappa shape index (κ2) is 4.37. The molecule has 4 aliphatic rings. The minimum atomic E-state index is -0.293. The van der Waals surface area contributed by atoms with Gasteiger partial charge in [-0.25, -0.2) is 0 Å². The van der Waals surface area contributed by atoms with Crippen LogP contribution in [0.2, 0.25) is 0 Å². The Bertz CT molecular complexity index is 787. The quantitative estimate of drug-likeness (QED) is 0.758. The van der Waals surface area contributed by atoms with Gasteiger partial charge < -0.3 is 9.31 Å². The van der Waals surface area contributed by atoms with Gasteiger partial charge in [0.1, 0.15) is 0 Å². The van der Waals surface area contributed by atoms with Crippen LogP contribution in [0.3, 0.4) is 0 Å². The van der Waals surface area contributed by atoms with Gasteiger partial charge in [-0.15, -0.1) is 0 Å². The maximum absolute atomic E-state index is 6.57. The van der Waals surface area contributed by atoms with Gasteiger partial charge in [0.05, 0.1) is 17.2 Å². The fourth-order valence-corrected chi connectivity index (χ4v) is 5.32. The van der Waals surface area contributed by atoms with E-state index in [-0.39, 0.29) is 18.8 Å². The molecule has 118 valence electrons. The van der Waals surface area contributed by atoms with E-state index in [9.17, 15) is 0 Å². The van der Waals surface area contributed by atoms with Gasteiger partial charge in [0.25, 0.3) is 0 Å². The van der Waals surface area contributed by atoms with E-state index < -0.39 is 0 Å². The fraction of sp³-hybridized carbons (Fsp3) is 0.526. The van der Waals surface area contributed by atoms with Gasteiger partial charge >= 0.3 is 7.12 Å². The van der Waals surface area contributed by atoms with Crippen molar-refractivity contribution in [3.05, 3.63) is 36.5 Å². The van der Waals surface area contributed by atoms with Gasteiger partial charge in [-0.2, -0.15) is 0 Å². The van der Waals surface area contributed by atoms with Crippen LogP contribution in [0.25, 0.3) is 10.9 Å². The molecule has 1 aliphatic heterocycles. The third kappa shape index (κ3) is 1.71. The van der Waals surface area contributed by atoms with E-state index in [1.807, 2.05) is 12.3 Å². The van der Waals surface area contributed by atoms with Crippen LogP contribution >= 0.6 is 0 Å². The molecule has 2 heterocycles. The van der Waals surface area contributed by atoms with Crippen LogP contribution in [0.15, 0.2) is 36.5 Å². The molecule has 3 saturated carbocycles. The Morgan fingerprint density at radius 3 is 2.78 bits per heavy atom. The zero-order chi connectivity index (χ0) is 15.8. The highest BCUT2D eigenvalue weighted by Gasteiger charge is 2.68. The van der Waals surface area contributed by atoms with Crippen molar-refractivity contribution in [1.29, 1.82) is 0 Å². The van der Waals surface area contributed by atoms with Crippen molar-refractivity contribution in [2.24, 2.45) is 17.3 Å². The van der Waals surface area contributed by atoms with Gasteiger partial charge in [0.2, 0.25) is 0 Å². The molecular formula is C19H22BNO2. The summed E-state index contributed by atoms with van der Waals surface area (Å²) in [6.45, 7) is 7.05. The second-order valence-corrected chi connectivity index (χ2v) is 8.22. The lowest BCUT2D eigenvalue weighted by Gasteiger charge is -2.64. The first-order chi connectivity index (χ1) is 11.0. The largest absolute Gasteiger partial charge is 0.496 e. The van der Waals surface area contributed by atoms with Crippen LogP contribution < -0.4 is 5.46 Å². The smallest absolute Gasteiger partial charge is 0.401 e. The van der Waals surface area contributed by atoms with Gasteiger partial charge in [0.15, 0.2) is 0 Å². The van der Waals surface area contributed by atoms with Gasteiger partial charge in [-0.3, -0.25) is 4.98 Å². The summed E-state index contributed by atoms with van der Waals surface area (Å²) in [5, 5.41) is 1.14. The van der Waals surface area contributed by atoms with Gasteiger partial charge in [-0.05, 0) is 48.5 Å². The lowest BCUT2D eigenvalue weighted by molar-refractivity contribution is -0.199. The van der Waals surface area contributed by atoms with E-state index in [4.69, 9.17) is 9.31 Å². The molecule has 0 amide bonds. The molecule has 4 heteroatoms. The lowest BCUT2D eigenvalue weighted by Crippen LogP contribution is -2.65. The predicted octanol–water partition coefficient (Wildman–Crippen LogP) is 3.17. The zero-order valence-corrected chi connectivity index (χ0v) is 14.0. The van der Waals surface area contributed by atoms with Gasteiger partial charge in [-0.1, -0.05) is 38.1 Å². The second-order valence-electron chi connectivity index (χ2n) is 8.22. The first kappa shape index (κ1) is 14.0. The summed E-state index contributed by atoms with van der Waals surface area (Å²) >= 11 is 0. The van der Waals surface area contributed by atoms with Crippen LogP contribution in [-0.2, 0) is 9.31 Å². The maximum Gasteiger partial charge on any atom is 0.496 e. The van der Waals surface area contributed by atoms with E-state index in [2.05, 4.69) is 50.0 Å². The van der Waals surface area contributed by atoms with E-state index in [0.29, 0.717) is 11.3 Å². The van der Waals surface area contributed by atoms with Crippen molar-refractivity contribution >= 4 is 23.5 Å². The SMILES string of the molecule is CC1(C)C2CC3OB(c4cccc5cccnc45)O[C@]3(C)C1C2. The summed E-state index contributed by atoms with van der Waals surface area (Å²) in [5.74, 6) is 1.37. The maximum atomic E-state index is 6.57. The monoisotopic (exact) mass is 307 g/mol. The molecule has 1 aromatic heterocycles. The first-order valence-corrected chi connectivity index (χ1v) is 8.67. The van der Waals surface area contributed by atoms with Gasteiger partial charge in [0, 0.05) is 11.7 Å². The van der Waals surface area contributed by atoms with Crippen molar-refractivity contribution in [3.63, 3.8) is 0 Å². The van der Waals surface area contributed by atoms with Crippen LogP contribution in [0, 0.1) is 17.3 Å². The molecule has 2 bridgehead atoms. The molecule has 3 unspecified atom stereocenters. The Hall–Kier alpha value is -1.39. The minimum absolute atomic E-state index is 0.167. The number of fused-ring (bicyclic) bond motifs is 1. The number of aromatic nitrogens is 1. The number of hydrogen-bond donors (Lipinski definition) is 0. The van der Waals surface area contributed by atoms with Crippen LogP contribution in [0.4, 0.5) is 0 Å². The van der Waals surface area contributed by atoms with Crippen LogP contribution in [0.1, 0.15) is 33.6 Å². The first-order valence-electron chi connectivity index (χ1n) is 8.67. The average molecular weight is 307 g/mol. The number of benzene rings is 1. The highest BCUT2D eigenvalue weighted by molar-refractivity contribution is 6.64. The molecule has 1 aromatic carbocycles. The lowest BCUT2D eigenvalue weighted by atomic mass is 9.43. The molecule has 1 saturated heterocycles. The van der Waals surface area contributed by atoms with Crippen LogP contribution in [-0.4, -0.2) is 23.8 Å². The Kier molecular flexibility index (Phi) is 2.66. The molecule has 4 fully saturated rings. The Balaban J connectivity index is 1.55. The van der Waals surface area contributed by atoms with Crippen molar-refractivity contribution in [3.8, 4) is 0 Å². The van der Waals surface area contributed by atoms with Crippen molar-refractivity contribution in [2.75, 3.05) is 0 Å². The van der Waals surface area contributed by atoms with Crippen molar-refractivity contribution in [1.82, 2.24) is 4.98 Å². The molecule has 2 aromatic rings. The number of rotatable bonds is 1. The van der Waals surface area contributed by atoms with Crippen molar-refractivity contribution in [2.45, 2.75) is 45.3 Å². The predicted molar refractivity (Wildman–Crippen MR) is 91.5 cm³/mol. The molecule has 3 nitrogen and oxygen atoms in total. The zero-order valence-electron chi connectivity index (χ0n) is 14.0. The normalized spacial score (nSPS) is 37.5. The number of hydrogen-bond acceptors (Lipinski definition) is 3. The molecule has 0 N–H and O–H groups in total. The number of pyridine rings is 1. The number of nitrogens with zero attached hydrogens (tertiary/aromatic N) is 1. The highest BCUT2D eigenvalue weighted by Crippen LogP contribution is 2.65. The average Bonchev–Trinajstić information content (AvgIpc) is 2.90. The molecule has 3 aliphatic carbocycles. The summed E-state index contributed by atoms with van der Waals surface area (Å²) in [6, 6.07) is 10.3. The molecule has 0 radical (unpaired) electrons. The van der Waals surface area contributed by atoms with E-state index >= 15 is 0 Å². The summed E-state index contributed by atoms with van der Waals surface area (Å²) in [6.07, 6.45) is 4.46. The fourth-order valence-electron chi connectivity index (χ4n) is 5.32. The summed E-state index contributed by atoms with van der Waals surface area (Å²) in [5.41, 5.74) is 2.27. The summed E-state index contributed by atoms with van der Waals surface area (Å²) in [7, 11) is -0.293. The molecule has 0 spiro atoms. The Labute approximate surface area is 137 Å².